The summed E-state index contributed by atoms with van der Waals surface area (Å²) in [5, 5.41) is 16.0. The minimum absolute atomic E-state index is 0.0223. The van der Waals surface area contributed by atoms with Crippen molar-refractivity contribution < 1.29 is 14.6 Å². The van der Waals surface area contributed by atoms with Gasteiger partial charge in [0.2, 0.25) is 0 Å². The van der Waals surface area contributed by atoms with Crippen molar-refractivity contribution in [1.82, 2.24) is 9.99 Å². The smallest absolute Gasteiger partial charge is 0.271 e. The summed E-state index contributed by atoms with van der Waals surface area (Å²) in [5.41, 5.74) is 6.03. The van der Waals surface area contributed by atoms with Crippen LogP contribution in [0.2, 0.25) is 0 Å². The van der Waals surface area contributed by atoms with Crippen LogP contribution in [0.25, 0.3) is 21.8 Å². The number of nitrogens with zero attached hydrogens (tertiary/aromatic N) is 2. The van der Waals surface area contributed by atoms with Crippen LogP contribution in [-0.4, -0.2) is 28.9 Å². The second-order valence-corrected chi connectivity index (χ2v) is 6.44. The van der Waals surface area contributed by atoms with Gasteiger partial charge in [0, 0.05) is 34.4 Å². The monoisotopic (exact) mass is 373 g/mol. The van der Waals surface area contributed by atoms with Crippen molar-refractivity contribution in [3.8, 4) is 11.5 Å². The third-order valence-corrected chi connectivity index (χ3v) is 4.76. The average molecular weight is 373 g/mol. The lowest BCUT2D eigenvalue weighted by atomic mass is 10.1. The highest BCUT2D eigenvalue weighted by molar-refractivity contribution is 6.09. The number of fused-ring (bicyclic) bond motifs is 3. The maximum Gasteiger partial charge on any atom is 0.271 e. The van der Waals surface area contributed by atoms with E-state index < -0.39 is 0 Å². The van der Waals surface area contributed by atoms with Gasteiger partial charge in [-0.15, -0.1) is 0 Å². The van der Waals surface area contributed by atoms with E-state index >= 15 is 0 Å². The molecule has 4 rings (SSSR count). The molecule has 0 aliphatic rings. The summed E-state index contributed by atoms with van der Waals surface area (Å²) >= 11 is 0. The number of aromatic hydroxyl groups is 1. The van der Waals surface area contributed by atoms with Gasteiger partial charge in [0.1, 0.15) is 0 Å². The first kappa shape index (κ1) is 17.6. The van der Waals surface area contributed by atoms with E-state index in [-0.39, 0.29) is 17.4 Å². The Bertz CT molecular complexity index is 1220. The first-order valence-corrected chi connectivity index (χ1v) is 8.76. The summed E-state index contributed by atoms with van der Waals surface area (Å²) in [6.45, 7) is 0. The first-order chi connectivity index (χ1) is 13.6. The number of aryl methyl sites for hydroxylation is 1. The van der Waals surface area contributed by atoms with Gasteiger partial charge in [-0.25, -0.2) is 5.43 Å². The van der Waals surface area contributed by atoms with Gasteiger partial charge in [-0.2, -0.15) is 5.10 Å². The highest BCUT2D eigenvalue weighted by Gasteiger charge is 2.10. The largest absolute Gasteiger partial charge is 0.504 e. The summed E-state index contributed by atoms with van der Waals surface area (Å²) in [6.07, 6.45) is 1.61. The van der Waals surface area contributed by atoms with Crippen molar-refractivity contribution in [2.24, 2.45) is 12.1 Å². The van der Waals surface area contributed by atoms with E-state index in [1.807, 2.05) is 31.3 Å². The quantitative estimate of drug-likeness (QED) is 0.422. The fourth-order valence-corrected chi connectivity index (χ4v) is 3.31. The molecule has 0 fully saturated rings. The van der Waals surface area contributed by atoms with Crippen molar-refractivity contribution in [1.29, 1.82) is 0 Å². The number of hydrogen-bond acceptors (Lipinski definition) is 4. The zero-order chi connectivity index (χ0) is 19.7. The van der Waals surface area contributed by atoms with Crippen LogP contribution in [-0.2, 0) is 7.05 Å². The molecule has 0 unspecified atom stereocenters. The van der Waals surface area contributed by atoms with Crippen LogP contribution < -0.4 is 10.2 Å². The lowest BCUT2D eigenvalue weighted by molar-refractivity contribution is 0.0954. The van der Waals surface area contributed by atoms with Crippen LogP contribution in [0.3, 0.4) is 0 Å². The van der Waals surface area contributed by atoms with Crippen molar-refractivity contribution in [2.75, 3.05) is 7.11 Å². The Morgan fingerprint density at radius 1 is 1.07 bits per heavy atom. The number of para-hydroxylation sites is 1. The number of carbonyl (C=O) groups is 1. The molecule has 140 valence electrons. The number of amides is 1. The minimum atomic E-state index is -0.388. The van der Waals surface area contributed by atoms with E-state index in [1.165, 1.54) is 36.2 Å². The molecule has 2 N–H and O–H groups in total. The third-order valence-electron chi connectivity index (χ3n) is 4.76. The van der Waals surface area contributed by atoms with Crippen molar-refractivity contribution >= 4 is 33.9 Å². The summed E-state index contributed by atoms with van der Waals surface area (Å²) in [5.74, 6) is -0.176. The molecule has 0 spiro atoms. The molecule has 6 nitrogen and oxygen atoms in total. The number of hydrazone groups is 1. The maximum atomic E-state index is 12.2. The lowest BCUT2D eigenvalue weighted by Gasteiger charge is -2.05. The van der Waals surface area contributed by atoms with Crippen molar-refractivity contribution in [3.05, 3.63) is 71.8 Å². The molecule has 1 heterocycles. The molecule has 28 heavy (non-hydrogen) atoms. The number of methoxy groups -OCH3 is 1. The summed E-state index contributed by atoms with van der Waals surface area (Å²) in [6, 6.07) is 18.7. The van der Waals surface area contributed by atoms with Crippen LogP contribution in [0, 0.1) is 0 Å². The Labute approximate surface area is 161 Å². The Balaban J connectivity index is 1.57. The Hall–Kier alpha value is -3.80. The molecule has 0 radical (unpaired) electrons. The number of nitrogens with one attached hydrogen (secondary N) is 1. The topological polar surface area (TPSA) is 75.8 Å². The fourth-order valence-electron chi connectivity index (χ4n) is 3.31. The first-order valence-electron chi connectivity index (χ1n) is 8.76. The van der Waals surface area contributed by atoms with E-state index in [9.17, 15) is 9.90 Å². The van der Waals surface area contributed by atoms with Crippen LogP contribution in [0.4, 0.5) is 0 Å². The van der Waals surface area contributed by atoms with Gasteiger partial charge < -0.3 is 14.4 Å². The van der Waals surface area contributed by atoms with E-state index in [2.05, 4.69) is 33.3 Å². The van der Waals surface area contributed by atoms with Gasteiger partial charge in [0.25, 0.3) is 5.91 Å². The normalized spacial score (nSPS) is 11.4. The second kappa shape index (κ2) is 7.08. The SMILES string of the molecule is COc1cc(C(=O)N/N=C\c2ccc3c(c2)c2ccccc2n3C)ccc1O. The zero-order valence-corrected chi connectivity index (χ0v) is 15.5. The zero-order valence-electron chi connectivity index (χ0n) is 15.5. The standard InChI is InChI=1S/C22H19N3O3/c1-25-18-6-4-3-5-16(18)17-11-14(7-9-19(17)25)13-23-24-22(27)15-8-10-20(26)21(12-15)28-2/h3-13,26H,1-2H3,(H,24,27)/b23-13-. The van der Waals surface area contributed by atoms with E-state index in [0.717, 1.165) is 16.5 Å². The molecular formula is C22H19N3O3. The van der Waals surface area contributed by atoms with Gasteiger partial charge in [0.05, 0.1) is 13.3 Å². The predicted octanol–water partition coefficient (Wildman–Crippen LogP) is 3.81. The van der Waals surface area contributed by atoms with Gasteiger partial charge in [0.15, 0.2) is 11.5 Å². The Kier molecular flexibility index (Phi) is 4.45. The highest BCUT2D eigenvalue weighted by atomic mass is 16.5. The van der Waals surface area contributed by atoms with Crippen LogP contribution >= 0.6 is 0 Å². The highest BCUT2D eigenvalue weighted by Crippen LogP contribution is 2.28. The van der Waals surface area contributed by atoms with Gasteiger partial charge in [-0.1, -0.05) is 24.3 Å². The summed E-state index contributed by atoms with van der Waals surface area (Å²) < 4.78 is 7.18. The minimum Gasteiger partial charge on any atom is -0.504 e. The average Bonchev–Trinajstić information content (AvgIpc) is 3.00. The molecular weight excluding hydrogens is 354 g/mol. The number of phenols is 1. The number of carbonyl (C=O) groups excluding carboxylic acids is 1. The number of ether oxygens (including phenoxy) is 1. The predicted molar refractivity (Wildman–Crippen MR) is 110 cm³/mol. The molecule has 0 bridgehead atoms. The van der Waals surface area contributed by atoms with Crippen molar-refractivity contribution in [2.45, 2.75) is 0 Å². The Morgan fingerprint density at radius 2 is 1.86 bits per heavy atom. The number of benzene rings is 3. The van der Waals surface area contributed by atoms with E-state index in [0.29, 0.717) is 5.56 Å². The molecule has 4 aromatic rings. The Morgan fingerprint density at radius 3 is 2.68 bits per heavy atom. The summed E-state index contributed by atoms with van der Waals surface area (Å²) in [4.78, 5) is 12.2. The summed E-state index contributed by atoms with van der Waals surface area (Å²) in [7, 11) is 3.48. The molecule has 0 aliphatic heterocycles. The van der Waals surface area contributed by atoms with Crippen LogP contribution in [0.5, 0.6) is 11.5 Å². The van der Waals surface area contributed by atoms with Gasteiger partial charge >= 0.3 is 0 Å². The van der Waals surface area contributed by atoms with Gasteiger partial charge in [-0.3, -0.25) is 4.79 Å². The molecule has 0 aliphatic carbocycles. The number of rotatable bonds is 4. The molecule has 1 aromatic heterocycles. The molecule has 0 atom stereocenters. The molecule has 6 heteroatoms. The molecule has 1 amide bonds. The molecule has 0 saturated carbocycles. The number of hydrogen-bond donors (Lipinski definition) is 2. The second-order valence-electron chi connectivity index (χ2n) is 6.44. The molecule has 3 aromatic carbocycles. The van der Waals surface area contributed by atoms with Crippen molar-refractivity contribution in [3.63, 3.8) is 0 Å². The van der Waals surface area contributed by atoms with E-state index in [4.69, 9.17) is 4.74 Å². The number of aromatic nitrogens is 1. The maximum absolute atomic E-state index is 12.2. The van der Waals surface area contributed by atoms with Crippen LogP contribution in [0.1, 0.15) is 15.9 Å². The number of phenolic OH excluding ortho intramolecular Hbond substituents is 1. The fraction of sp³-hybridized carbons (Fsp3) is 0.0909. The van der Waals surface area contributed by atoms with E-state index in [1.54, 1.807) is 6.21 Å². The third kappa shape index (κ3) is 3.05. The van der Waals surface area contributed by atoms with Gasteiger partial charge in [-0.05, 0) is 42.0 Å². The molecule has 0 saturated heterocycles. The van der Waals surface area contributed by atoms with Crippen LogP contribution in [0.15, 0.2) is 65.8 Å². The lowest BCUT2D eigenvalue weighted by Crippen LogP contribution is -2.17.